The van der Waals surface area contributed by atoms with Crippen molar-refractivity contribution in [3.05, 3.63) is 129 Å². The molecular weight excluding hydrogens is 659 g/mol. The highest BCUT2D eigenvalue weighted by atomic mass is 16.5. The molecule has 54 heavy (non-hydrogen) atoms. The molecule has 4 heteroatoms. The maximum Gasteiger partial charge on any atom is 0.217 e. The quantitative estimate of drug-likeness (QED) is 0.183. The lowest BCUT2D eigenvalue weighted by molar-refractivity contribution is -0.0673. The van der Waals surface area contributed by atoms with E-state index in [2.05, 4.69) is 168 Å². The van der Waals surface area contributed by atoms with Crippen molar-refractivity contribution in [2.45, 2.75) is 125 Å². The molecule has 6 aromatic rings. The van der Waals surface area contributed by atoms with Crippen LogP contribution in [0.4, 0.5) is 0 Å². The Morgan fingerprint density at radius 3 is 2.07 bits per heavy atom. The van der Waals surface area contributed by atoms with Crippen LogP contribution in [0.1, 0.15) is 122 Å². The predicted octanol–water partition coefficient (Wildman–Crippen LogP) is 12.7. The van der Waals surface area contributed by atoms with Gasteiger partial charge in [-0.3, -0.25) is 4.98 Å². The Morgan fingerprint density at radius 2 is 1.39 bits per heavy atom. The van der Waals surface area contributed by atoms with Crippen LogP contribution in [-0.2, 0) is 27.5 Å². The van der Waals surface area contributed by atoms with Gasteiger partial charge in [0.2, 0.25) is 5.90 Å². The first-order valence-corrected chi connectivity index (χ1v) is 19.5. The fourth-order valence-corrected chi connectivity index (χ4v) is 8.84. The van der Waals surface area contributed by atoms with Crippen LogP contribution in [0.25, 0.3) is 38.8 Å². The molecule has 4 aromatic carbocycles. The second kappa shape index (κ2) is 11.7. The van der Waals surface area contributed by atoms with Gasteiger partial charge in [0.1, 0.15) is 11.1 Å². The van der Waals surface area contributed by atoms with Crippen LogP contribution < -0.4 is 0 Å². The van der Waals surface area contributed by atoms with Crippen LogP contribution in [0.3, 0.4) is 0 Å². The largest absolute Gasteiger partial charge is 0.467 e. The minimum absolute atomic E-state index is 0.00247. The summed E-state index contributed by atoms with van der Waals surface area (Å²) in [5, 5.41) is 2.39. The minimum atomic E-state index is -1.80. The molecule has 278 valence electrons. The fraction of sp³-hybridized carbons (Fsp3) is 0.400. The smallest absolute Gasteiger partial charge is 0.217 e. The Labute approximate surface area is 325 Å². The summed E-state index contributed by atoms with van der Waals surface area (Å²) in [6.45, 7) is 30.3. The highest BCUT2D eigenvalue weighted by Crippen LogP contribution is 2.60. The molecule has 0 N–H and O–H groups in total. The summed E-state index contributed by atoms with van der Waals surface area (Å²) in [5.41, 5.74) is 11.7. The lowest BCUT2D eigenvalue weighted by atomic mass is 9.66. The zero-order valence-corrected chi connectivity index (χ0v) is 34.8. The number of hydrogen-bond donors (Lipinski definition) is 0. The van der Waals surface area contributed by atoms with Gasteiger partial charge in [0, 0.05) is 48.3 Å². The number of rotatable bonds is 3. The molecular formula is C50H57N3O. The Kier molecular flexibility index (Phi) is 7.30. The van der Waals surface area contributed by atoms with E-state index in [0.717, 1.165) is 55.8 Å². The molecule has 1 aliphatic heterocycles. The average molecular weight is 718 g/mol. The summed E-state index contributed by atoms with van der Waals surface area (Å²) in [6.07, 6.45) is 0.129. The third kappa shape index (κ3) is 5.38. The number of aryl methyl sites for hydroxylation is 4. The second-order valence-electron chi connectivity index (χ2n) is 19.4. The number of fused-ring (bicyclic) bond motifs is 6. The van der Waals surface area contributed by atoms with Crippen molar-refractivity contribution < 1.29 is 7.48 Å². The van der Waals surface area contributed by atoms with E-state index in [9.17, 15) is 2.74 Å². The third-order valence-corrected chi connectivity index (χ3v) is 12.2. The van der Waals surface area contributed by atoms with Crippen molar-refractivity contribution in [1.82, 2.24) is 9.55 Å². The molecule has 0 spiro atoms. The molecule has 1 aliphatic carbocycles. The minimum Gasteiger partial charge on any atom is -0.467 e. The molecule has 2 atom stereocenters. The van der Waals surface area contributed by atoms with E-state index in [-0.39, 0.29) is 10.8 Å². The van der Waals surface area contributed by atoms with Gasteiger partial charge in [-0.05, 0) is 139 Å². The van der Waals surface area contributed by atoms with Crippen molar-refractivity contribution in [3.8, 4) is 16.9 Å². The van der Waals surface area contributed by atoms with Crippen LogP contribution in [-0.4, -0.2) is 21.0 Å². The van der Waals surface area contributed by atoms with Gasteiger partial charge in [-0.15, -0.1) is 0 Å². The molecule has 0 radical (unpaired) electrons. The topological polar surface area (TPSA) is 39.4 Å². The van der Waals surface area contributed by atoms with E-state index in [0.29, 0.717) is 11.5 Å². The molecule has 0 fully saturated rings. The molecule has 2 aromatic heterocycles. The van der Waals surface area contributed by atoms with Crippen molar-refractivity contribution >= 4 is 27.7 Å². The van der Waals surface area contributed by atoms with E-state index in [1.807, 2.05) is 12.3 Å². The Morgan fingerprint density at radius 1 is 0.704 bits per heavy atom. The van der Waals surface area contributed by atoms with Crippen molar-refractivity contribution in [3.63, 3.8) is 0 Å². The van der Waals surface area contributed by atoms with Gasteiger partial charge in [-0.25, -0.2) is 4.99 Å². The van der Waals surface area contributed by atoms with Crippen molar-refractivity contribution in [2.75, 3.05) is 0 Å². The van der Waals surface area contributed by atoms with E-state index in [1.54, 1.807) is 0 Å². The van der Waals surface area contributed by atoms with Crippen LogP contribution >= 0.6 is 0 Å². The lowest BCUT2D eigenvalue weighted by Gasteiger charge is -2.45. The van der Waals surface area contributed by atoms with E-state index >= 15 is 0 Å². The maximum absolute atomic E-state index is 9.85. The van der Waals surface area contributed by atoms with Gasteiger partial charge in [0.05, 0.1) is 16.7 Å². The molecule has 0 amide bonds. The third-order valence-electron chi connectivity index (χ3n) is 12.2. The SMILES string of the molecule is [2H]C1([2H])c2cc(C)c(C)cc2[C@@]2(C)N=C(c3cc(-n4c5ccc(C)cc5c5cc(C)c(-c6cc(C(C)(C)C)ccn6)cc54)cc(C(C)(C)C)c3)O[C@@]12C(C)(C)C. The zero-order chi connectivity index (χ0) is 40.7. The first-order chi connectivity index (χ1) is 25.9. The summed E-state index contributed by atoms with van der Waals surface area (Å²) >= 11 is 0. The summed E-state index contributed by atoms with van der Waals surface area (Å²) < 4.78 is 29.3. The first-order valence-electron chi connectivity index (χ1n) is 20.5. The maximum atomic E-state index is 9.85. The van der Waals surface area contributed by atoms with Crippen LogP contribution in [0.5, 0.6) is 0 Å². The Bertz CT molecular complexity index is 2660. The van der Waals surface area contributed by atoms with Crippen molar-refractivity contribution in [1.29, 1.82) is 0 Å². The second-order valence-corrected chi connectivity index (χ2v) is 19.4. The van der Waals surface area contributed by atoms with E-state index in [1.165, 1.54) is 27.5 Å². The molecule has 0 bridgehead atoms. The van der Waals surface area contributed by atoms with Gasteiger partial charge < -0.3 is 9.30 Å². The number of benzene rings is 4. The lowest BCUT2D eigenvalue weighted by Crippen LogP contribution is -2.54. The summed E-state index contributed by atoms with van der Waals surface area (Å²) in [4.78, 5) is 10.4. The monoisotopic (exact) mass is 717 g/mol. The van der Waals surface area contributed by atoms with E-state index in [4.69, 9.17) is 14.7 Å². The van der Waals surface area contributed by atoms with Crippen LogP contribution in [0.15, 0.2) is 84.0 Å². The fourth-order valence-electron chi connectivity index (χ4n) is 8.84. The zero-order valence-electron chi connectivity index (χ0n) is 36.8. The summed E-state index contributed by atoms with van der Waals surface area (Å²) in [7, 11) is 0. The molecule has 0 unspecified atom stereocenters. The van der Waals surface area contributed by atoms with Crippen LogP contribution in [0.2, 0.25) is 0 Å². The van der Waals surface area contributed by atoms with Gasteiger partial charge in [0.25, 0.3) is 0 Å². The van der Waals surface area contributed by atoms with Crippen LogP contribution in [0, 0.1) is 33.1 Å². The first kappa shape index (κ1) is 33.8. The molecule has 0 saturated heterocycles. The number of aromatic nitrogens is 2. The average Bonchev–Trinajstić information content (AvgIpc) is 3.65. The molecule has 0 saturated carbocycles. The molecule has 2 aliphatic rings. The number of hydrogen-bond acceptors (Lipinski definition) is 3. The number of aliphatic imine (C=N–C) groups is 1. The Balaban J connectivity index is 1.40. The normalized spacial score (nSPS) is 21.5. The summed E-state index contributed by atoms with van der Waals surface area (Å²) in [6, 6.07) is 26.6. The summed E-state index contributed by atoms with van der Waals surface area (Å²) in [5.74, 6) is 0.485. The standard InChI is InChI=1S/C50H57N3O/c1-29-15-16-43-39(19-29)40-21-32(4)38(42-26-35(17-18-51-42)46(5,6)7)27-44(40)53(43)37-24-33(23-36(25-37)47(8,9)10)45-52-49(14)41-22-31(3)30(2)20-34(41)28-50(49,54-45)48(11,12)13/h15-27H,28H2,1-14H3/t49-,50-/m1/s1/i28D2. The molecule has 4 nitrogen and oxygen atoms in total. The predicted molar refractivity (Wildman–Crippen MR) is 228 cm³/mol. The number of pyridine rings is 1. The number of ether oxygens (including phenoxy) is 1. The van der Waals surface area contributed by atoms with Gasteiger partial charge in [-0.2, -0.15) is 0 Å². The van der Waals surface area contributed by atoms with Gasteiger partial charge in [-0.1, -0.05) is 86.1 Å². The van der Waals surface area contributed by atoms with Gasteiger partial charge in [0.15, 0.2) is 0 Å². The Hall–Kier alpha value is -4.70. The molecule has 8 rings (SSSR count). The molecule has 3 heterocycles. The highest BCUT2D eigenvalue weighted by molar-refractivity contribution is 6.11. The van der Waals surface area contributed by atoms with Crippen molar-refractivity contribution in [2.24, 2.45) is 10.4 Å². The highest BCUT2D eigenvalue weighted by Gasteiger charge is 2.66. The van der Waals surface area contributed by atoms with E-state index < -0.39 is 22.9 Å². The number of nitrogens with zero attached hydrogens (tertiary/aromatic N) is 3. The van der Waals surface area contributed by atoms with Gasteiger partial charge >= 0.3 is 0 Å².